The van der Waals surface area contributed by atoms with Crippen LogP contribution in [0.5, 0.6) is 0 Å². The van der Waals surface area contributed by atoms with E-state index in [4.69, 9.17) is 23.7 Å². The molecule has 9 fully saturated rings. The van der Waals surface area contributed by atoms with Crippen LogP contribution in [0.1, 0.15) is 127 Å². The Hall–Kier alpha value is 0.400. The molecule has 13 heteroatoms. The molecule has 9 nitrogen and oxygen atoms in total. The van der Waals surface area contributed by atoms with Crippen LogP contribution in [0.4, 0.5) is 0 Å². The van der Waals surface area contributed by atoms with Gasteiger partial charge in [0.25, 0.3) is 0 Å². The zero-order valence-corrected chi connectivity index (χ0v) is 41.2. The molecule has 0 aromatic heterocycles. The molecule has 0 amide bonds. The summed E-state index contributed by atoms with van der Waals surface area (Å²) >= 11 is 0. The molecule has 0 aromatic carbocycles. The number of hydrogen-bond donors (Lipinski definition) is 0. The van der Waals surface area contributed by atoms with E-state index < -0.39 is 43.2 Å². The van der Waals surface area contributed by atoms with Gasteiger partial charge in [-0.3, -0.25) is 16.8 Å². The summed E-state index contributed by atoms with van der Waals surface area (Å²) in [5.74, 6) is 12.4. The first-order chi connectivity index (χ1) is 27.3. The molecule has 0 radical (unpaired) electrons. The van der Waals surface area contributed by atoms with Gasteiger partial charge in [-0.15, -0.1) is 0 Å². The molecule has 9 saturated heterocycles. The van der Waals surface area contributed by atoms with E-state index in [1.807, 2.05) is 0 Å². The van der Waals surface area contributed by atoms with E-state index in [1.165, 1.54) is 57.8 Å². The third-order valence-corrected chi connectivity index (χ3v) is 18.4. The molecule has 0 saturated carbocycles. The summed E-state index contributed by atoms with van der Waals surface area (Å²) in [6.07, 6.45) is 12.9. The Bertz CT molecular complexity index is 1020. The van der Waals surface area contributed by atoms with Gasteiger partial charge in [0.2, 0.25) is 0 Å². The Labute approximate surface area is 360 Å². The van der Waals surface area contributed by atoms with E-state index in [9.17, 15) is 16.8 Å². The molecule has 0 N–H and O–H groups in total. The topological polar surface area (TPSA) is 114 Å². The normalized spacial score (nSPS) is 35.4. The Morgan fingerprint density at radius 1 is 0.421 bits per heavy atom. The molecule has 0 aliphatic carbocycles. The van der Waals surface area contributed by atoms with Crippen molar-refractivity contribution in [3.63, 3.8) is 0 Å². The van der Waals surface area contributed by atoms with E-state index in [1.54, 1.807) is 0 Å². The third-order valence-electron chi connectivity index (χ3n) is 11.2. The lowest BCUT2D eigenvalue weighted by Crippen LogP contribution is -2.29. The molecule has 9 aliphatic heterocycles. The smallest absolute Gasteiger partial charge is 0.0594 e. The Morgan fingerprint density at radius 2 is 0.947 bits per heavy atom. The molecule has 0 aromatic rings. The average Bonchev–Trinajstić information content (AvgIpc) is 3.90. The monoisotopic (exact) mass is 889 g/mol. The highest BCUT2D eigenvalue weighted by molar-refractivity contribution is 7.87. The van der Waals surface area contributed by atoms with E-state index >= 15 is 0 Å². The maximum atomic E-state index is 10.6. The maximum absolute atomic E-state index is 10.6. The molecular formula is C44H88O9S4. The molecule has 9 rings (SSSR count). The van der Waals surface area contributed by atoms with E-state index in [0.29, 0.717) is 11.4 Å². The van der Waals surface area contributed by atoms with Crippen molar-refractivity contribution in [1.82, 2.24) is 0 Å². The SMILES string of the molecule is CC1CCOC1.CC1CCS(=O)C1.CC1COC1.CC1CS(=O)C1.CCC1CCO1.CCC1CCOC1.CCC1CCS1=O.CCC1COC1.CCC1CS(=O)C1. The minimum Gasteiger partial charge on any atom is -0.381 e. The minimum absolute atomic E-state index is 0.422. The van der Waals surface area contributed by atoms with Crippen LogP contribution < -0.4 is 0 Å². The first kappa shape index (κ1) is 55.4. The highest BCUT2D eigenvalue weighted by Gasteiger charge is 2.24. The predicted molar refractivity (Wildman–Crippen MR) is 245 cm³/mol. The standard InChI is InChI=1S/C6H12O.3C5H10OS.3C5H10O.C4H8OS.C4H8O/c1-2-6-3-4-7-5-6;1-5-2-3-7(6)4-5;1-2-5-3-7(6)4-5;1-2-5-3-4-7(5)6;1-5-2-3-6-4-5;1-2-5-3-6-4-5;1-2-5-3-4-6-5;1-4-2-6(5)3-4;1-4-2-5-3-4/h6H,2-5H2,1H3;3*5H,2-4H2,1H3;3*5H,2-4H2,1H3;4H,2-3H2,1H3;4H,2-3H2,1H3. The first-order valence-electron chi connectivity index (χ1n) is 22.7. The van der Waals surface area contributed by atoms with Gasteiger partial charge >= 0.3 is 0 Å². The second kappa shape index (κ2) is 34.9. The fourth-order valence-electron chi connectivity index (χ4n) is 5.92. The van der Waals surface area contributed by atoms with Gasteiger partial charge in [-0.25, -0.2) is 0 Å². The number of hydrogen-bond acceptors (Lipinski definition) is 9. The van der Waals surface area contributed by atoms with Crippen LogP contribution in [-0.4, -0.2) is 128 Å². The Balaban J connectivity index is 0.000000321. The summed E-state index contributed by atoms with van der Waals surface area (Å²) < 4.78 is 66.8. The lowest BCUT2D eigenvalue weighted by atomic mass is 10.1. The van der Waals surface area contributed by atoms with Gasteiger partial charge in [0.1, 0.15) is 0 Å². The van der Waals surface area contributed by atoms with Crippen LogP contribution >= 0.6 is 0 Å². The number of ether oxygens (including phenoxy) is 5. The van der Waals surface area contributed by atoms with Crippen molar-refractivity contribution in [3.8, 4) is 0 Å². The zero-order valence-electron chi connectivity index (χ0n) is 37.9. The predicted octanol–water partition coefficient (Wildman–Crippen LogP) is 8.21. The maximum Gasteiger partial charge on any atom is 0.0594 e. The van der Waals surface area contributed by atoms with E-state index in [0.717, 1.165) is 148 Å². The summed E-state index contributed by atoms with van der Waals surface area (Å²) in [5.41, 5.74) is 0. The van der Waals surface area contributed by atoms with Crippen LogP contribution in [0.25, 0.3) is 0 Å². The summed E-state index contributed by atoms with van der Waals surface area (Å²) in [7, 11) is -1.73. The zero-order chi connectivity index (χ0) is 42.4. The van der Waals surface area contributed by atoms with Crippen molar-refractivity contribution >= 4 is 43.2 Å². The van der Waals surface area contributed by atoms with Crippen molar-refractivity contribution in [2.45, 2.75) is 138 Å². The third kappa shape index (κ3) is 28.6. The van der Waals surface area contributed by atoms with Gasteiger partial charge in [-0.2, -0.15) is 0 Å². The summed E-state index contributed by atoms with van der Waals surface area (Å²) in [5, 5.41) is 0.556. The average molecular weight is 889 g/mol. The Kier molecular flexibility index (Phi) is 34.0. The van der Waals surface area contributed by atoms with Crippen LogP contribution in [0.15, 0.2) is 0 Å². The van der Waals surface area contributed by atoms with Crippen LogP contribution in [0, 0.1) is 41.4 Å². The van der Waals surface area contributed by atoms with Gasteiger partial charge in [-0.05, 0) is 81.0 Å². The molecule has 9 heterocycles. The van der Waals surface area contributed by atoms with Crippen LogP contribution in [0.3, 0.4) is 0 Å². The molecule has 7 atom stereocenters. The van der Waals surface area contributed by atoms with Gasteiger partial charge in [0.05, 0.1) is 32.5 Å². The fourth-order valence-corrected chi connectivity index (χ4v) is 11.3. The molecule has 0 spiro atoms. The van der Waals surface area contributed by atoms with Crippen molar-refractivity contribution < 1.29 is 40.5 Å². The van der Waals surface area contributed by atoms with Crippen molar-refractivity contribution in [3.05, 3.63) is 0 Å². The highest BCUT2D eigenvalue weighted by atomic mass is 32.2. The first-order valence-corrected chi connectivity index (χ1v) is 28.5. The Morgan fingerprint density at radius 3 is 1.04 bits per heavy atom. The molecule has 7 unspecified atom stereocenters. The molecule has 0 bridgehead atoms. The van der Waals surface area contributed by atoms with Gasteiger partial charge in [0, 0.05) is 134 Å². The fraction of sp³-hybridized carbons (Fsp3) is 1.00. The van der Waals surface area contributed by atoms with Crippen LogP contribution in [-0.2, 0) is 66.9 Å². The largest absolute Gasteiger partial charge is 0.381 e. The van der Waals surface area contributed by atoms with E-state index in [2.05, 4.69) is 62.3 Å². The van der Waals surface area contributed by atoms with Crippen molar-refractivity contribution in [2.24, 2.45) is 41.4 Å². The van der Waals surface area contributed by atoms with Gasteiger partial charge < -0.3 is 23.7 Å². The van der Waals surface area contributed by atoms with Crippen molar-refractivity contribution in [2.75, 3.05) is 99.7 Å². The van der Waals surface area contributed by atoms with Crippen molar-refractivity contribution in [1.29, 1.82) is 0 Å². The molecule has 57 heavy (non-hydrogen) atoms. The lowest BCUT2D eigenvalue weighted by Gasteiger charge is -2.24. The number of rotatable bonds is 5. The molecular weight excluding hydrogens is 801 g/mol. The summed E-state index contributed by atoms with van der Waals surface area (Å²) in [4.78, 5) is 0. The summed E-state index contributed by atoms with van der Waals surface area (Å²) in [6, 6.07) is 0. The molecule has 9 aliphatic rings. The minimum atomic E-state index is -0.453. The second-order valence-electron chi connectivity index (χ2n) is 17.3. The quantitative estimate of drug-likeness (QED) is 0.270. The lowest BCUT2D eigenvalue weighted by molar-refractivity contribution is -0.0516. The van der Waals surface area contributed by atoms with Gasteiger partial charge in [-0.1, -0.05) is 75.2 Å². The van der Waals surface area contributed by atoms with Crippen LogP contribution in [0.2, 0.25) is 0 Å². The molecule has 342 valence electrons. The summed E-state index contributed by atoms with van der Waals surface area (Å²) in [6.45, 7) is 28.5. The van der Waals surface area contributed by atoms with E-state index in [-0.39, 0.29) is 0 Å². The highest BCUT2D eigenvalue weighted by Crippen LogP contribution is 2.19. The van der Waals surface area contributed by atoms with Gasteiger partial charge in [0.15, 0.2) is 0 Å². The second-order valence-corrected chi connectivity index (χ2v) is 23.8.